The molecule has 6 heteroatoms. The fraction of sp³-hybridized carbons (Fsp3) is 0.417. The van der Waals surface area contributed by atoms with Gasteiger partial charge in [-0.1, -0.05) is 25.8 Å². The molecule has 0 spiro atoms. The summed E-state index contributed by atoms with van der Waals surface area (Å²) in [5.41, 5.74) is 2.56. The van der Waals surface area contributed by atoms with E-state index in [1.54, 1.807) is 0 Å². The summed E-state index contributed by atoms with van der Waals surface area (Å²) in [6.45, 7) is 2.56. The lowest BCUT2D eigenvalue weighted by atomic mass is 9.79. The number of nitrogens with zero attached hydrogens (tertiary/aromatic N) is 1. The molecule has 30 heavy (non-hydrogen) atoms. The average molecular weight is 404 g/mol. The summed E-state index contributed by atoms with van der Waals surface area (Å²) in [5, 5.41) is 3.32. The molecule has 4 unspecified atom stereocenters. The van der Waals surface area contributed by atoms with Crippen LogP contribution in [-0.2, 0) is 0 Å². The van der Waals surface area contributed by atoms with Crippen LogP contribution in [0.15, 0.2) is 40.8 Å². The van der Waals surface area contributed by atoms with Crippen molar-refractivity contribution in [3.8, 4) is 23.0 Å². The van der Waals surface area contributed by atoms with Crippen LogP contribution in [0.5, 0.6) is 11.5 Å². The molecule has 2 saturated carbocycles. The van der Waals surface area contributed by atoms with Crippen LogP contribution in [0.25, 0.3) is 22.6 Å². The van der Waals surface area contributed by atoms with Gasteiger partial charge in [0, 0.05) is 11.6 Å². The van der Waals surface area contributed by atoms with Crippen molar-refractivity contribution < 1.29 is 18.7 Å². The van der Waals surface area contributed by atoms with Gasteiger partial charge in [-0.3, -0.25) is 4.79 Å². The minimum Gasteiger partial charge on any atom is -0.454 e. The largest absolute Gasteiger partial charge is 0.454 e. The Hall–Kier alpha value is -3.02. The van der Waals surface area contributed by atoms with E-state index in [4.69, 9.17) is 13.9 Å². The van der Waals surface area contributed by atoms with Crippen LogP contribution in [0.4, 0.5) is 0 Å². The number of oxazole rings is 1. The molecule has 2 fully saturated rings. The SMILES string of the molecule is CC1C2CCCC1C(NC(=O)c1cccc3oc(-c4ccc5c(c4)OCO5)nc13)C2. The van der Waals surface area contributed by atoms with E-state index in [0.717, 1.165) is 17.9 Å². The number of para-hydroxylation sites is 1. The summed E-state index contributed by atoms with van der Waals surface area (Å²) in [7, 11) is 0. The molecule has 3 aliphatic rings. The van der Waals surface area contributed by atoms with Gasteiger partial charge in [0.1, 0.15) is 5.52 Å². The fourth-order valence-corrected chi connectivity index (χ4v) is 5.59. The van der Waals surface area contributed by atoms with Gasteiger partial charge < -0.3 is 19.2 Å². The molecule has 6 nitrogen and oxygen atoms in total. The highest BCUT2D eigenvalue weighted by Gasteiger charge is 2.43. The summed E-state index contributed by atoms with van der Waals surface area (Å²) < 4.78 is 16.8. The number of hydrogen-bond donors (Lipinski definition) is 1. The Morgan fingerprint density at radius 3 is 2.93 bits per heavy atom. The smallest absolute Gasteiger partial charge is 0.253 e. The van der Waals surface area contributed by atoms with Gasteiger partial charge in [-0.2, -0.15) is 0 Å². The van der Waals surface area contributed by atoms with Crippen LogP contribution >= 0.6 is 0 Å². The third-order valence-corrected chi connectivity index (χ3v) is 7.20. The second-order valence-corrected chi connectivity index (χ2v) is 8.77. The Morgan fingerprint density at radius 1 is 1.13 bits per heavy atom. The maximum absolute atomic E-state index is 13.2. The molecule has 0 saturated heterocycles. The molecule has 2 aromatic carbocycles. The van der Waals surface area contributed by atoms with Crippen LogP contribution < -0.4 is 14.8 Å². The maximum atomic E-state index is 13.2. The van der Waals surface area contributed by atoms with Crippen LogP contribution in [0, 0.1) is 17.8 Å². The molecule has 1 N–H and O–H groups in total. The molecule has 2 bridgehead atoms. The number of aromatic nitrogens is 1. The van der Waals surface area contributed by atoms with E-state index >= 15 is 0 Å². The predicted molar refractivity (Wildman–Crippen MR) is 111 cm³/mol. The van der Waals surface area contributed by atoms with Crippen molar-refractivity contribution in [1.29, 1.82) is 0 Å². The van der Waals surface area contributed by atoms with Crippen molar-refractivity contribution in [3.63, 3.8) is 0 Å². The molecule has 1 amide bonds. The van der Waals surface area contributed by atoms with Crippen molar-refractivity contribution >= 4 is 17.0 Å². The van der Waals surface area contributed by atoms with Crippen LogP contribution in [0.3, 0.4) is 0 Å². The number of rotatable bonds is 3. The monoisotopic (exact) mass is 404 g/mol. The molecule has 6 rings (SSSR count). The Balaban J connectivity index is 1.30. The first-order valence-electron chi connectivity index (χ1n) is 10.8. The summed E-state index contributed by atoms with van der Waals surface area (Å²) in [6.07, 6.45) is 4.88. The summed E-state index contributed by atoms with van der Waals surface area (Å²) >= 11 is 0. The van der Waals surface area contributed by atoms with E-state index in [9.17, 15) is 4.79 Å². The van der Waals surface area contributed by atoms with Gasteiger partial charge in [0.25, 0.3) is 5.91 Å². The van der Waals surface area contributed by atoms with E-state index in [1.165, 1.54) is 19.3 Å². The first kappa shape index (κ1) is 17.8. The summed E-state index contributed by atoms with van der Waals surface area (Å²) in [4.78, 5) is 17.8. The molecule has 4 atom stereocenters. The van der Waals surface area contributed by atoms with Gasteiger partial charge in [0.2, 0.25) is 12.7 Å². The quantitative estimate of drug-likeness (QED) is 0.680. The lowest BCUT2D eigenvalue weighted by molar-refractivity contribution is 0.0924. The van der Waals surface area contributed by atoms with E-state index in [0.29, 0.717) is 45.9 Å². The first-order chi connectivity index (χ1) is 14.7. The van der Waals surface area contributed by atoms with Crippen molar-refractivity contribution in [1.82, 2.24) is 10.3 Å². The topological polar surface area (TPSA) is 73.6 Å². The lowest BCUT2D eigenvalue weighted by Gasteiger charge is -2.28. The lowest BCUT2D eigenvalue weighted by Crippen LogP contribution is -2.38. The molecule has 2 aliphatic carbocycles. The molecular formula is C24H24N2O4. The average Bonchev–Trinajstić information content (AvgIpc) is 3.42. The molecule has 2 heterocycles. The van der Waals surface area contributed by atoms with Gasteiger partial charge in [0.15, 0.2) is 17.1 Å². The predicted octanol–water partition coefficient (Wildman–Crippen LogP) is 4.78. The molecule has 154 valence electrons. The molecule has 1 aromatic heterocycles. The second-order valence-electron chi connectivity index (χ2n) is 8.77. The zero-order valence-electron chi connectivity index (χ0n) is 16.9. The third kappa shape index (κ3) is 2.77. The number of fused-ring (bicyclic) bond motifs is 4. The number of ether oxygens (including phenoxy) is 2. The Labute approximate surface area is 174 Å². The number of carbonyl (C=O) groups is 1. The van der Waals surface area contributed by atoms with E-state index in [1.807, 2.05) is 36.4 Å². The normalized spacial score (nSPS) is 26.8. The summed E-state index contributed by atoms with van der Waals surface area (Å²) in [5.74, 6) is 3.83. The highest BCUT2D eigenvalue weighted by atomic mass is 16.7. The number of nitrogens with one attached hydrogen (secondary N) is 1. The molecule has 3 aromatic rings. The highest BCUT2D eigenvalue weighted by Crippen LogP contribution is 2.46. The van der Waals surface area contributed by atoms with Gasteiger partial charge >= 0.3 is 0 Å². The summed E-state index contributed by atoms with van der Waals surface area (Å²) in [6, 6.07) is 11.4. The maximum Gasteiger partial charge on any atom is 0.253 e. The Bertz CT molecular complexity index is 1140. The highest BCUT2D eigenvalue weighted by molar-refractivity contribution is 6.05. The minimum absolute atomic E-state index is 0.0594. The van der Waals surface area contributed by atoms with Crippen molar-refractivity contribution in [2.75, 3.05) is 6.79 Å². The fourth-order valence-electron chi connectivity index (χ4n) is 5.59. The number of benzene rings is 2. The molecule has 0 radical (unpaired) electrons. The van der Waals surface area contributed by atoms with Crippen LogP contribution in [0.2, 0.25) is 0 Å². The second kappa shape index (κ2) is 6.76. The van der Waals surface area contributed by atoms with Crippen LogP contribution in [0.1, 0.15) is 43.0 Å². The van der Waals surface area contributed by atoms with Gasteiger partial charge in [-0.15, -0.1) is 0 Å². The van der Waals surface area contributed by atoms with Gasteiger partial charge in [0.05, 0.1) is 5.56 Å². The minimum atomic E-state index is -0.0594. The van der Waals surface area contributed by atoms with E-state index in [2.05, 4.69) is 17.2 Å². The number of hydrogen-bond acceptors (Lipinski definition) is 5. The van der Waals surface area contributed by atoms with E-state index < -0.39 is 0 Å². The number of amides is 1. The Morgan fingerprint density at radius 2 is 2.03 bits per heavy atom. The van der Waals surface area contributed by atoms with Crippen LogP contribution in [-0.4, -0.2) is 23.7 Å². The zero-order chi connectivity index (χ0) is 20.2. The Kier molecular flexibility index (Phi) is 4.01. The molecular weight excluding hydrogens is 380 g/mol. The van der Waals surface area contributed by atoms with Crippen molar-refractivity contribution in [3.05, 3.63) is 42.0 Å². The third-order valence-electron chi connectivity index (χ3n) is 7.20. The molecule has 1 aliphatic heterocycles. The van der Waals surface area contributed by atoms with Crippen molar-refractivity contribution in [2.45, 2.75) is 38.6 Å². The van der Waals surface area contributed by atoms with Gasteiger partial charge in [-0.05, 0) is 60.9 Å². The first-order valence-corrected chi connectivity index (χ1v) is 10.8. The number of carbonyl (C=O) groups excluding carboxylic acids is 1. The van der Waals surface area contributed by atoms with Crippen molar-refractivity contribution in [2.24, 2.45) is 17.8 Å². The zero-order valence-corrected chi connectivity index (χ0v) is 16.9. The van der Waals surface area contributed by atoms with E-state index in [-0.39, 0.29) is 18.7 Å². The standard InChI is InChI=1S/C24H24N2O4/c1-13-14-4-2-5-16(13)18(10-14)25-23(27)17-6-3-7-20-22(17)26-24(30-20)15-8-9-19-21(11-15)29-12-28-19/h3,6-9,11,13-14,16,18H,2,4-5,10,12H2,1H3,(H,25,27). The van der Waals surface area contributed by atoms with Gasteiger partial charge in [-0.25, -0.2) is 4.98 Å².